The van der Waals surface area contributed by atoms with Gasteiger partial charge in [0, 0.05) is 18.5 Å². The number of hydrogen-bond acceptors (Lipinski definition) is 3. The number of pyridine rings is 1. The van der Waals surface area contributed by atoms with Crippen LogP contribution in [0.1, 0.15) is 26.3 Å². The van der Waals surface area contributed by atoms with Crippen LogP contribution < -0.4 is 4.90 Å². The number of aromatic nitrogens is 1. The van der Waals surface area contributed by atoms with E-state index in [1.54, 1.807) is 0 Å². The molecule has 0 aliphatic heterocycles. The molecule has 19 heavy (non-hydrogen) atoms. The Hall–Kier alpha value is -2.08. The monoisotopic (exact) mass is 253 g/mol. The maximum atomic E-state index is 9.33. The highest BCUT2D eigenvalue weighted by Gasteiger charge is 2.18. The van der Waals surface area contributed by atoms with E-state index >= 15 is 0 Å². The van der Waals surface area contributed by atoms with E-state index < -0.39 is 0 Å². The van der Waals surface area contributed by atoms with Crippen molar-refractivity contribution in [2.24, 2.45) is 5.92 Å². The van der Waals surface area contributed by atoms with Crippen molar-refractivity contribution in [3.8, 4) is 6.07 Å². The maximum Gasteiger partial charge on any atom is 0.147 e. The van der Waals surface area contributed by atoms with Gasteiger partial charge in [-0.2, -0.15) is 5.26 Å². The van der Waals surface area contributed by atoms with Gasteiger partial charge >= 0.3 is 0 Å². The van der Waals surface area contributed by atoms with E-state index in [-0.39, 0.29) is 0 Å². The van der Waals surface area contributed by atoms with Crippen LogP contribution in [0.2, 0.25) is 0 Å². The lowest BCUT2D eigenvalue weighted by Crippen LogP contribution is -2.34. The molecule has 0 saturated carbocycles. The molecular weight excluding hydrogens is 234 g/mol. The number of rotatable bonds is 3. The number of para-hydroxylation sites is 1. The summed E-state index contributed by atoms with van der Waals surface area (Å²) in [6.45, 7) is 6.51. The van der Waals surface area contributed by atoms with Gasteiger partial charge in [0.05, 0.1) is 11.1 Å². The van der Waals surface area contributed by atoms with Gasteiger partial charge in [-0.05, 0) is 25.0 Å². The first-order valence-electron chi connectivity index (χ1n) is 6.57. The Morgan fingerprint density at radius 1 is 1.21 bits per heavy atom. The van der Waals surface area contributed by atoms with Crippen LogP contribution in [0.15, 0.2) is 30.3 Å². The van der Waals surface area contributed by atoms with Crippen molar-refractivity contribution in [3.05, 3.63) is 35.9 Å². The first kappa shape index (κ1) is 13.4. The summed E-state index contributed by atoms with van der Waals surface area (Å²) in [5.74, 6) is 1.27. The largest absolute Gasteiger partial charge is 0.356 e. The predicted octanol–water partition coefficient (Wildman–Crippen LogP) is 3.59. The van der Waals surface area contributed by atoms with Gasteiger partial charge in [-0.25, -0.2) is 4.98 Å². The molecule has 0 N–H and O–H groups in total. The van der Waals surface area contributed by atoms with Crippen LogP contribution in [0.3, 0.4) is 0 Å². The van der Waals surface area contributed by atoms with Crippen molar-refractivity contribution in [1.29, 1.82) is 5.26 Å². The minimum atomic E-state index is 0.334. The molecule has 1 atom stereocenters. The smallest absolute Gasteiger partial charge is 0.147 e. The summed E-state index contributed by atoms with van der Waals surface area (Å²) in [4.78, 5) is 6.75. The lowest BCUT2D eigenvalue weighted by Gasteiger charge is -2.29. The molecule has 0 amide bonds. The Bertz CT molecular complexity index is 625. The number of benzene rings is 1. The molecule has 0 fully saturated rings. The van der Waals surface area contributed by atoms with Gasteiger partial charge in [-0.15, -0.1) is 0 Å². The van der Waals surface area contributed by atoms with Gasteiger partial charge in [-0.1, -0.05) is 32.0 Å². The highest BCUT2D eigenvalue weighted by molar-refractivity contribution is 5.83. The van der Waals surface area contributed by atoms with E-state index in [9.17, 15) is 5.26 Å². The molecule has 1 aromatic heterocycles. The lowest BCUT2D eigenvalue weighted by molar-refractivity contribution is 0.503. The van der Waals surface area contributed by atoms with Crippen LogP contribution >= 0.6 is 0 Å². The van der Waals surface area contributed by atoms with E-state index in [0.29, 0.717) is 17.5 Å². The molecule has 1 aromatic carbocycles. The molecule has 2 rings (SSSR count). The zero-order valence-electron chi connectivity index (χ0n) is 11.9. The average molecular weight is 253 g/mol. The van der Waals surface area contributed by atoms with Crippen molar-refractivity contribution in [2.75, 3.05) is 11.9 Å². The first-order valence-corrected chi connectivity index (χ1v) is 6.57. The molecule has 0 saturated heterocycles. The van der Waals surface area contributed by atoms with Crippen LogP contribution in [0.25, 0.3) is 10.9 Å². The Kier molecular flexibility index (Phi) is 3.71. The average Bonchev–Trinajstić information content (AvgIpc) is 2.44. The number of anilines is 1. The normalized spacial score (nSPS) is 12.4. The molecule has 0 aliphatic rings. The van der Waals surface area contributed by atoms with Crippen molar-refractivity contribution in [2.45, 2.75) is 26.8 Å². The summed E-state index contributed by atoms with van der Waals surface area (Å²) in [7, 11) is 2.00. The van der Waals surface area contributed by atoms with Crippen LogP contribution in [0.5, 0.6) is 0 Å². The van der Waals surface area contributed by atoms with Gasteiger partial charge in [0.1, 0.15) is 11.9 Å². The Morgan fingerprint density at radius 2 is 1.89 bits per heavy atom. The molecule has 1 heterocycles. The SMILES string of the molecule is CC(C)C(C)N(C)c1nc2ccccc2cc1C#N. The summed E-state index contributed by atoms with van der Waals surface area (Å²) in [6, 6.07) is 12.4. The third-order valence-corrected chi connectivity index (χ3v) is 3.73. The van der Waals surface area contributed by atoms with Gasteiger partial charge < -0.3 is 4.90 Å². The molecule has 3 heteroatoms. The van der Waals surface area contributed by atoms with Crippen LogP contribution in [-0.2, 0) is 0 Å². The zero-order valence-corrected chi connectivity index (χ0v) is 11.9. The fraction of sp³-hybridized carbons (Fsp3) is 0.375. The van der Waals surface area contributed by atoms with Crippen molar-refractivity contribution in [3.63, 3.8) is 0 Å². The van der Waals surface area contributed by atoms with Crippen LogP contribution in [-0.4, -0.2) is 18.1 Å². The van der Waals surface area contributed by atoms with E-state index in [1.165, 1.54) is 0 Å². The van der Waals surface area contributed by atoms with Crippen molar-refractivity contribution < 1.29 is 0 Å². The van der Waals surface area contributed by atoms with Gasteiger partial charge in [-0.3, -0.25) is 0 Å². The quantitative estimate of drug-likeness (QED) is 0.839. The summed E-state index contributed by atoms with van der Waals surface area (Å²) in [5.41, 5.74) is 1.56. The third kappa shape index (κ3) is 2.53. The fourth-order valence-electron chi connectivity index (χ4n) is 2.10. The summed E-state index contributed by atoms with van der Waals surface area (Å²) in [6.07, 6.45) is 0. The highest BCUT2D eigenvalue weighted by atomic mass is 15.2. The molecule has 0 spiro atoms. The summed E-state index contributed by atoms with van der Waals surface area (Å²) in [5, 5.41) is 10.3. The minimum Gasteiger partial charge on any atom is -0.356 e. The summed E-state index contributed by atoms with van der Waals surface area (Å²) < 4.78 is 0. The van der Waals surface area contributed by atoms with Crippen molar-refractivity contribution >= 4 is 16.7 Å². The number of nitrogens with zero attached hydrogens (tertiary/aromatic N) is 3. The number of nitriles is 1. The molecule has 0 aliphatic carbocycles. The van der Waals surface area contributed by atoms with E-state index in [4.69, 9.17) is 0 Å². The molecule has 0 bridgehead atoms. The second-order valence-electron chi connectivity index (χ2n) is 5.26. The van der Waals surface area contributed by atoms with Gasteiger partial charge in [0.15, 0.2) is 0 Å². The minimum absolute atomic E-state index is 0.334. The molecule has 2 aromatic rings. The fourth-order valence-corrected chi connectivity index (χ4v) is 2.10. The second kappa shape index (κ2) is 5.27. The highest BCUT2D eigenvalue weighted by Crippen LogP contribution is 2.25. The molecule has 3 nitrogen and oxygen atoms in total. The van der Waals surface area contributed by atoms with Crippen molar-refractivity contribution in [1.82, 2.24) is 4.98 Å². The van der Waals surface area contributed by atoms with E-state index in [2.05, 4.69) is 36.7 Å². The Labute approximate surface area is 114 Å². The molecule has 98 valence electrons. The van der Waals surface area contributed by atoms with Crippen LogP contribution in [0, 0.1) is 17.2 Å². The van der Waals surface area contributed by atoms with E-state index in [0.717, 1.165) is 16.7 Å². The van der Waals surface area contributed by atoms with Crippen LogP contribution in [0.4, 0.5) is 5.82 Å². The maximum absolute atomic E-state index is 9.33. The second-order valence-corrected chi connectivity index (χ2v) is 5.26. The standard InChI is InChI=1S/C16H19N3/c1-11(2)12(3)19(4)16-14(10-17)9-13-7-5-6-8-15(13)18-16/h5-9,11-12H,1-4H3. The third-order valence-electron chi connectivity index (χ3n) is 3.73. The molecule has 0 radical (unpaired) electrons. The Balaban J connectivity index is 2.56. The Morgan fingerprint density at radius 3 is 2.53 bits per heavy atom. The predicted molar refractivity (Wildman–Crippen MR) is 79.2 cm³/mol. The van der Waals surface area contributed by atoms with E-state index in [1.807, 2.05) is 37.4 Å². The summed E-state index contributed by atoms with van der Waals surface area (Å²) >= 11 is 0. The van der Waals surface area contributed by atoms with Gasteiger partial charge in [0.25, 0.3) is 0 Å². The number of fused-ring (bicyclic) bond motifs is 1. The zero-order chi connectivity index (χ0) is 14.0. The molecular formula is C16H19N3. The van der Waals surface area contributed by atoms with Gasteiger partial charge in [0.2, 0.25) is 0 Å². The first-order chi connectivity index (χ1) is 9.04. The topological polar surface area (TPSA) is 39.9 Å². The molecule has 1 unspecified atom stereocenters. The number of hydrogen-bond donors (Lipinski definition) is 0. The lowest BCUT2D eigenvalue weighted by atomic mass is 10.0.